The fourth-order valence-corrected chi connectivity index (χ4v) is 2.67. The van der Waals surface area contributed by atoms with Gasteiger partial charge in [0.25, 0.3) is 0 Å². The highest BCUT2D eigenvalue weighted by atomic mass is 79.9. The van der Waals surface area contributed by atoms with Crippen molar-refractivity contribution < 1.29 is 0 Å². The van der Waals surface area contributed by atoms with E-state index in [9.17, 15) is 5.26 Å². The van der Waals surface area contributed by atoms with Crippen molar-refractivity contribution in [1.82, 2.24) is 5.32 Å². The smallest absolute Gasteiger partial charge is 0.101 e. The summed E-state index contributed by atoms with van der Waals surface area (Å²) in [5, 5.41) is 12.6. The molecule has 0 spiro atoms. The fourth-order valence-electron chi connectivity index (χ4n) is 2.32. The van der Waals surface area contributed by atoms with Gasteiger partial charge in [-0.05, 0) is 43.8 Å². The van der Waals surface area contributed by atoms with Crippen molar-refractivity contribution in [3.8, 4) is 6.07 Å². The number of nitrogens with one attached hydrogen (secondary N) is 1. The van der Waals surface area contributed by atoms with E-state index in [0.29, 0.717) is 5.56 Å². The molecule has 0 saturated carbocycles. The Balaban J connectivity index is 2.55. The highest BCUT2D eigenvalue weighted by Crippen LogP contribution is 2.34. The summed E-state index contributed by atoms with van der Waals surface area (Å²) in [6.45, 7) is 2.12. The van der Waals surface area contributed by atoms with Crippen LogP contribution in [0.4, 0.5) is 11.4 Å². The number of anilines is 2. The standard InChI is InChI=1S/C17H18BrN3/c1-12(20-2)15-9-8-14(18)10-17(15)21(3)16-7-5-4-6-13(16)11-19/h4-10,12,20H,1-3H3. The van der Waals surface area contributed by atoms with Gasteiger partial charge >= 0.3 is 0 Å². The summed E-state index contributed by atoms with van der Waals surface area (Å²) in [6, 6.07) is 16.3. The van der Waals surface area contributed by atoms with E-state index < -0.39 is 0 Å². The first-order valence-corrected chi connectivity index (χ1v) is 7.57. The van der Waals surface area contributed by atoms with Gasteiger partial charge in [-0.3, -0.25) is 0 Å². The largest absolute Gasteiger partial charge is 0.343 e. The average Bonchev–Trinajstić information content (AvgIpc) is 2.53. The van der Waals surface area contributed by atoms with E-state index >= 15 is 0 Å². The second-order valence-corrected chi connectivity index (χ2v) is 5.82. The first kappa shape index (κ1) is 15.6. The Labute approximate surface area is 134 Å². The van der Waals surface area contributed by atoms with Gasteiger partial charge in [-0.15, -0.1) is 0 Å². The SMILES string of the molecule is CNC(C)c1ccc(Br)cc1N(C)c1ccccc1C#N. The first-order chi connectivity index (χ1) is 10.1. The normalized spacial score (nSPS) is 11.8. The fraction of sp³-hybridized carbons (Fsp3) is 0.235. The lowest BCUT2D eigenvalue weighted by molar-refractivity contribution is 0.652. The van der Waals surface area contributed by atoms with E-state index in [4.69, 9.17) is 0 Å². The monoisotopic (exact) mass is 343 g/mol. The van der Waals surface area contributed by atoms with Gasteiger partial charge in [0.15, 0.2) is 0 Å². The summed E-state index contributed by atoms with van der Waals surface area (Å²) in [4.78, 5) is 2.06. The van der Waals surface area contributed by atoms with Crippen LogP contribution in [0.2, 0.25) is 0 Å². The Morgan fingerprint density at radius 2 is 1.90 bits per heavy atom. The summed E-state index contributed by atoms with van der Waals surface area (Å²) < 4.78 is 1.02. The maximum absolute atomic E-state index is 9.30. The van der Waals surface area contributed by atoms with Crippen LogP contribution in [-0.4, -0.2) is 14.1 Å². The van der Waals surface area contributed by atoms with E-state index in [2.05, 4.69) is 51.3 Å². The van der Waals surface area contributed by atoms with Crippen LogP contribution in [-0.2, 0) is 0 Å². The van der Waals surface area contributed by atoms with Gasteiger partial charge in [-0.2, -0.15) is 5.26 Å². The van der Waals surface area contributed by atoms with Gasteiger partial charge in [0.1, 0.15) is 6.07 Å². The molecule has 0 radical (unpaired) electrons. The number of hydrogen-bond acceptors (Lipinski definition) is 3. The maximum atomic E-state index is 9.30. The Kier molecular flexibility index (Phi) is 5.00. The second-order valence-electron chi connectivity index (χ2n) is 4.90. The number of nitrogens with zero attached hydrogens (tertiary/aromatic N) is 2. The van der Waals surface area contributed by atoms with Gasteiger partial charge < -0.3 is 10.2 Å². The molecule has 1 N–H and O–H groups in total. The molecule has 4 heteroatoms. The van der Waals surface area contributed by atoms with Crippen LogP contribution in [0.1, 0.15) is 24.1 Å². The van der Waals surface area contributed by atoms with E-state index in [1.54, 1.807) is 0 Å². The van der Waals surface area contributed by atoms with Crippen LogP contribution in [0, 0.1) is 11.3 Å². The zero-order valence-corrected chi connectivity index (χ0v) is 14.0. The summed E-state index contributed by atoms with van der Waals surface area (Å²) in [7, 11) is 3.93. The Morgan fingerprint density at radius 1 is 1.19 bits per heavy atom. The van der Waals surface area contributed by atoms with Crippen molar-refractivity contribution in [2.75, 3.05) is 19.0 Å². The molecule has 0 aliphatic carbocycles. The second kappa shape index (κ2) is 6.75. The molecule has 0 heterocycles. The van der Waals surface area contributed by atoms with E-state index in [-0.39, 0.29) is 6.04 Å². The highest BCUT2D eigenvalue weighted by Gasteiger charge is 2.16. The molecule has 0 aliphatic heterocycles. The van der Waals surface area contributed by atoms with Crippen molar-refractivity contribution in [2.45, 2.75) is 13.0 Å². The van der Waals surface area contributed by atoms with E-state index in [0.717, 1.165) is 15.8 Å². The Hall–Kier alpha value is -1.83. The molecular weight excluding hydrogens is 326 g/mol. The van der Waals surface area contributed by atoms with E-state index in [1.807, 2.05) is 44.4 Å². The predicted octanol–water partition coefficient (Wildman–Crippen LogP) is 4.37. The molecule has 0 bridgehead atoms. The van der Waals surface area contributed by atoms with Gasteiger partial charge in [0, 0.05) is 23.2 Å². The van der Waals surface area contributed by atoms with Crippen molar-refractivity contribution in [1.29, 1.82) is 5.26 Å². The third kappa shape index (κ3) is 3.26. The molecule has 2 rings (SSSR count). The zero-order valence-electron chi connectivity index (χ0n) is 12.4. The molecule has 0 aliphatic rings. The van der Waals surface area contributed by atoms with Crippen molar-refractivity contribution in [3.63, 3.8) is 0 Å². The molecule has 21 heavy (non-hydrogen) atoms. The minimum atomic E-state index is 0.227. The summed E-state index contributed by atoms with van der Waals surface area (Å²) >= 11 is 3.53. The number of benzene rings is 2. The van der Waals surface area contributed by atoms with Gasteiger partial charge in [0.2, 0.25) is 0 Å². The van der Waals surface area contributed by atoms with Crippen molar-refractivity contribution in [2.24, 2.45) is 0 Å². The molecule has 2 aromatic rings. The molecule has 1 atom stereocenters. The minimum absolute atomic E-state index is 0.227. The van der Waals surface area contributed by atoms with Gasteiger partial charge in [-0.25, -0.2) is 0 Å². The maximum Gasteiger partial charge on any atom is 0.101 e. The van der Waals surface area contributed by atoms with Gasteiger partial charge in [-0.1, -0.05) is 34.1 Å². The molecular formula is C17H18BrN3. The van der Waals surface area contributed by atoms with Crippen molar-refractivity contribution in [3.05, 3.63) is 58.1 Å². The number of rotatable bonds is 4. The highest BCUT2D eigenvalue weighted by molar-refractivity contribution is 9.10. The van der Waals surface area contributed by atoms with Crippen LogP contribution < -0.4 is 10.2 Å². The first-order valence-electron chi connectivity index (χ1n) is 6.78. The zero-order chi connectivity index (χ0) is 15.4. The summed E-state index contributed by atoms with van der Waals surface area (Å²) in [5.74, 6) is 0. The van der Waals surface area contributed by atoms with Crippen LogP contribution in [0.3, 0.4) is 0 Å². The lowest BCUT2D eigenvalue weighted by atomic mass is 10.0. The minimum Gasteiger partial charge on any atom is -0.343 e. The number of para-hydroxylation sites is 1. The van der Waals surface area contributed by atoms with E-state index in [1.165, 1.54) is 5.56 Å². The average molecular weight is 344 g/mol. The third-order valence-electron chi connectivity index (χ3n) is 3.64. The number of halogens is 1. The van der Waals surface area contributed by atoms with Crippen molar-refractivity contribution >= 4 is 27.3 Å². The molecule has 1 unspecified atom stereocenters. The van der Waals surface area contributed by atoms with Crippen LogP contribution in [0.25, 0.3) is 0 Å². The molecule has 3 nitrogen and oxygen atoms in total. The van der Waals surface area contributed by atoms with Crippen LogP contribution >= 0.6 is 15.9 Å². The van der Waals surface area contributed by atoms with Crippen LogP contribution in [0.5, 0.6) is 0 Å². The summed E-state index contributed by atoms with van der Waals surface area (Å²) in [5.41, 5.74) is 3.84. The Bertz CT molecular complexity index is 676. The Morgan fingerprint density at radius 3 is 2.57 bits per heavy atom. The number of nitriles is 1. The third-order valence-corrected chi connectivity index (χ3v) is 4.13. The number of hydrogen-bond donors (Lipinski definition) is 1. The lowest BCUT2D eigenvalue weighted by Crippen LogP contribution is -2.18. The van der Waals surface area contributed by atoms with Crippen LogP contribution in [0.15, 0.2) is 46.9 Å². The molecule has 0 aromatic heterocycles. The summed E-state index contributed by atoms with van der Waals surface area (Å²) in [6.07, 6.45) is 0. The van der Waals surface area contributed by atoms with Gasteiger partial charge in [0.05, 0.1) is 11.3 Å². The quantitative estimate of drug-likeness (QED) is 0.895. The molecule has 0 amide bonds. The topological polar surface area (TPSA) is 39.1 Å². The lowest BCUT2D eigenvalue weighted by Gasteiger charge is -2.26. The molecule has 0 fully saturated rings. The predicted molar refractivity (Wildman–Crippen MR) is 90.8 cm³/mol. The molecule has 108 valence electrons. The molecule has 2 aromatic carbocycles. The molecule has 0 saturated heterocycles.